The van der Waals surface area contributed by atoms with Gasteiger partial charge in [-0.05, 0) is 103 Å². The van der Waals surface area contributed by atoms with Crippen molar-refractivity contribution in [2.75, 3.05) is 13.2 Å². The molecule has 0 aliphatic carbocycles. The van der Waals surface area contributed by atoms with E-state index in [2.05, 4.69) is 148 Å². The average Bonchev–Trinajstić information content (AvgIpc) is 3.42. The highest BCUT2D eigenvalue weighted by atomic mass is 16.6. The molecule has 0 aliphatic rings. The summed E-state index contributed by atoms with van der Waals surface area (Å²) in [7, 11) is 0. The first-order chi connectivity index (χ1) is 37.5. The molecule has 0 heterocycles. The molecule has 0 rings (SSSR count). The monoisotopic (exact) mass is 1050 g/mol. The molecule has 0 amide bonds. The fourth-order valence-corrected chi connectivity index (χ4v) is 8.32. The van der Waals surface area contributed by atoms with Crippen molar-refractivity contribution in [3.05, 3.63) is 134 Å². The lowest BCUT2D eigenvalue weighted by atomic mass is 10.0. The van der Waals surface area contributed by atoms with Crippen LogP contribution in [0, 0.1) is 0 Å². The molecule has 0 N–H and O–H groups in total. The van der Waals surface area contributed by atoms with Gasteiger partial charge in [-0.2, -0.15) is 0 Å². The first kappa shape index (κ1) is 71.5. The number of carbonyl (C=O) groups is 3. The summed E-state index contributed by atoms with van der Waals surface area (Å²) < 4.78 is 16.8. The van der Waals surface area contributed by atoms with Crippen LogP contribution in [0.2, 0.25) is 0 Å². The van der Waals surface area contributed by atoms with Crippen LogP contribution >= 0.6 is 0 Å². The molecule has 1 unspecified atom stereocenters. The van der Waals surface area contributed by atoms with Crippen LogP contribution in [0.25, 0.3) is 0 Å². The minimum atomic E-state index is -0.819. The lowest BCUT2D eigenvalue weighted by molar-refractivity contribution is -0.166. The van der Waals surface area contributed by atoms with Gasteiger partial charge in [-0.3, -0.25) is 14.4 Å². The smallest absolute Gasteiger partial charge is 0.306 e. The number of esters is 3. The van der Waals surface area contributed by atoms with Crippen LogP contribution in [0.3, 0.4) is 0 Å². The van der Waals surface area contributed by atoms with Gasteiger partial charge in [0.25, 0.3) is 0 Å². The number of hydrogen-bond donors (Lipinski definition) is 0. The first-order valence-corrected chi connectivity index (χ1v) is 31.2. The molecule has 0 radical (unpaired) electrons. The second-order valence-corrected chi connectivity index (χ2v) is 20.2. The van der Waals surface area contributed by atoms with Gasteiger partial charge in [0, 0.05) is 19.3 Å². The highest BCUT2D eigenvalue weighted by Crippen LogP contribution is 2.16. The molecule has 0 fully saturated rings. The van der Waals surface area contributed by atoms with Gasteiger partial charge in [0.15, 0.2) is 6.10 Å². The Bertz CT molecular complexity index is 1630. The predicted octanol–water partition coefficient (Wildman–Crippen LogP) is 21.4. The van der Waals surface area contributed by atoms with E-state index in [4.69, 9.17) is 14.2 Å². The second kappa shape index (κ2) is 63.1. The molecular weight excluding hydrogens is 937 g/mol. The van der Waals surface area contributed by atoms with Crippen molar-refractivity contribution in [2.45, 2.75) is 277 Å². The standard InChI is InChI=1S/C70H114O6/c1-4-7-10-13-16-19-21-23-25-27-29-30-31-32-33-34-35-36-37-38-39-40-42-43-45-47-49-51-54-57-60-63-69(72)75-66-67(65-74-68(71)62-59-56-53-18-15-12-9-6-3)76-70(73)64-61-58-55-52-50-48-46-44-41-28-26-24-22-20-17-14-11-8-5-2/h7-8,10-11,16-17,19-20,23-26,29-30,32-33,41,44,48,50,55,58,67H,4-6,9,12-15,18,21-22,27-28,31,34-40,42-43,45-47,49,51-54,56-57,59-66H2,1-3H3/b10-7-,11-8-,19-16-,20-17-,25-23-,26-24-,30-29-,33-32-,44-41-,50-48-,58-55-. The Morgan fingerprint density at radius 1 is 0.276 bits per heavy atom. The van der Waals surface area contributed by atoms with Crippen molar-refractivity contribution in [1.29, 1.82) is 0 Å². The van der Waals surface area contributed by atoms with E-state index in [1.165, 1.54) is 116 Å². The van der Waals surface area contributed by atoms with E-state index >= 15 is 0 Å². The number of unbranched alkanes of at least 4 members (excludes halogenated alkanes) is 22. The Labute approximate surface area is 468 Å². The molecule has 6 nitrogen and oxygen atoms in total. The molecule has 0 bridgehead atoms. The quantitative estimate of drug-likeness (QED) is 0.0261. The van der Waals surface area contributed by atoms with Crippen molar-refractivity contribution in [1.82, 2.24) is 0 Å². The number of ether oxygens (including phenoxy) is 3. The molecule has 0 saturated heterocycles. The fourth-order valence-electron chi connectivity index (χ4n) is 8.32. The zero-order valence-corrected chi connectivity index (χ0v) is 49.2. The molecule has 0 saturated carbocycles. The summed E-state index contributed by atoms with van der Waals surface area (Å²) in [6, 6.07) is 0. The fraction of sp³-hybridized carbons (Fsp3) is 0.643. The van der Waals surface area contributed by atoms with Gasteiger partial charge in [-0.25, -0.2) is 0 Å². The molecule has 0 aliphatic heterocycles. The Kier molecular flexibility index (Phi) is 59.4. The highest BCUT2D eigenvalue weighted by molar-refractivity contribution is 5.71. The number of hydrogen-bond acceptors (Lipinski definition) is 6. The lowest BCUT2D eigenvalue weighted by Crippen LogP contribution is -2.30. The van der Waals surface area contributed by atoms with Gasteiger partial charge >= 0.3 is 17.9 Å². The molecule has 6 heteroatoms. The van der Waals surface area contributed by atoms with E-state index in [1.807, 2.05) is 6.08 Å². The lowest BCUT2D eigenvalue weighted by Gasteiger charge is -2.18. The minimum absolute atomic E-state index is 0.109. The third kappa shape index (κ3) is 60.4. The largest absolute Gasteiger partial charge is 0.462 e. The van der Waals surface area contributed by atoms with E-state index in [9.17, 15) is 14.4 Å². The summed E-state index contributed by atoms with van der Waals surface area (Å²) in [5, 5.41) is 0. The highest BCUT2D eigenvalue weighted by Gasteiger charge is 2.19. The SMILES string of the molecule is CC/C=C\C/C=C\C/C=C\C/C=C\C/C=C\C/C=C\CCC(=O)OC(COC(=O)CCCCCCCCCC)COC(=O)CCCCCCCCCCCCCCCCC/C=C\C/C=C\C/C=C\C/C=C\C/C=C\CC. The third-order valence-electron chi connectivity index (χ3n) is 12.9. The van der Waals surface area contributed by atoms with Crippen molar-refractivity contribution >= 4 is 17.9 Å². The number of carbonyl (C=O) groups excluding carboxylic acids is 3. The molecule has 0 aromatic carbocycles. The molecule has 0 aromatic rings. The Morgan fingerprint density at radius 2 is 0.539 bits per heavy atom. The molecule has 430 valence electrons. The van der Waals surface area contributed by atoms with Crippen molar-refractivity contribution in [3.8, 4) is 0 Å². The van der Waals surface area contributed by atoms with Crippen LogP contribution in [-0.2, 0) is 28.6 Å². The summed E-state index contributed by atoms with van der Waals surface area (Å²) in [6.45, 7) is 6.32. The van der Waals surface area contributed by atoms with Gasteiger partial charge in [0.2, 0.25) is 0 Å². The summed E-state index contributed by atoms with van der Waals surface area (Å²) in [4.78, 5) is 38.0. The van der Waals surface area contributed by atoms with Crippen LogP contribution in [-0.4, -0.2) is 37.2 Å². The zero-order chi connectivity index (χ0) is 55.0. The molecule has 0 aromatic heterocycles. The number of allylic oxidation sites excluding steroid dienone is 22. The molecule has 0 spiro atoms. The maximum absolute atomic E-state index is 12.8. The zero-order valence-electron chi connectivity index (χ0n) is 49.2. The van der Waals surface area contributed by atoms with Crippen molar-refractivity contribution in [3.63, 3.8) is 0 Å². The van der Waals surface area contributed by atoms with Gasteiger partial charge in [-0.1, -0.05) is 283 Å². The van der Waals surface area contributed by atoms with Gasteiger partial charge in [0.05, 0.1) is 0 Å². The van der Waals surface area contributed by atoms with E-state index in [-0.39, 0.29) is 31.6 Å². The van der Waals surface area contributed by atoms with Gasteiger partial charge < -0.3 is 14.2 Å². The Morgan fingerprint density at radius 3 is 0.855 bits per heavy atom. The van der Waals surface area contributed by atoms with Crippen LogP contribution < -0.4 is 0 Å². The summed E-state index contributed by atoms with van der Waals surface area (Å²) >= 11 is 0. The van der Waals surface area contributed by atoms with Crippen LogP contribution in [0.4, 0.5) is 0 Å². The van der Waals surface area contributed by atoms with Crippen molar-refractivity contribution < 1.29 is 28.6 Å². The second-order valence-electron chi connectivity index (χ2n) is 20.2. The minimum Gasteiger partial charge on any atom is -0.462 e. The van der Waals surface area contributed by atoms with Gasteiger partial charge in [-0.15, -0.1) is 0 Å². The predicted molar refractivity (Wildman–Crippen MR) is 329 cm³/mol. The van der Waals surface area contributed by atoms with Crippen LogP contribution in [0.5, 0.6) is 0 Å². The van der Waals surface area contributed by atoms with Crippen LogP contribution in [0.15, 0.2) is 134 Å². The third-order valence-corrected chi connectivity index (χ3v) is 12.9. The maximum atomic E-state index is 12.8. The van der Waals surface area contributed by atoms with Gasteiger partial charge in [0.1, 0.15) is 13.2 Å². The summed E-state index contributed by atoms with van der Waals surface area (Å²) in [6.07, 6.45) is 89.2. The van der Waals surface area contributed by atoms with E-state index < -0.39 is 12.1 Å². The average molecular weight is 1050 g/mol. The summed E-state index contributed by atoms with van der Waals surface area (Å²) in [5.41, 5.74) is 0. The molecule has 1 atom stereocenters. The van der Waals surface area contributed by atoms with Crippen molar-refractivity contribution in [2.24, 2.45) is 0 Å². The number of rotatable bonds is 55. The Hall–Kier alpha value is -4.45. The first-order valence-electron chi connectivity index (χ1n) is 31.2. The van der Waals surface area contributed by atoms with E-state index in [1.54, 1.807) is 0 Å². The van der Waals surface area contributed by atoms with E-state index in [0.29, 0.717) is 19.3 Å². The normalized spacial score (nSPS) is 13.0. The molecular formula is C70H114O6. The summed E-state index contributed by atoms with van der Waals surface area (Å²) in [5.74, 6) is -0.998. The molecule has 76 heavy (non-hydrogen) atoms. The maximum Gasteiger partial charge on any atom is 0.306 e. The van der Waals surface area contributed by atoms with Crippen LogP contribution in [0.1, 0.15) is 271 Å². The Balaban J connectivity index is 4.21. The topological polar surface area (TPSA) is 78.9 Å². The van der Waals surface area contributed by atoms with E-state index in [0.717, 1.165) is 109 Å².